The van der Waals surface area contributed by atoms with Gasteiger partial charge in [0.05, 0.1) is 17.6 Å². The van der Waals surface area contributed by atoms with Gasteiger partial charge in [0, 0.05) is 0 Å². The highest BCUT2D eigenvalue weighted by atomic mass is 32.2. The SMILES string of the molecule is O=S1(=O)CCC[C@H](O)C1. The molecule has 1 rings (SSSR count). The van der Waals surface area contributed by atoms with E-state index in [1.165, 1.54) is 0 Å². The molecule has 54 valence electrons. The summed E-state index contributed by atoms with van der Waals surface area (Å²) in [7, 11) is -2.88. The minimum Gasteiger partial charge on any atom is -0.392 e. The van der Waals surface area contributed by atoms with E-state index in [1.54, 1.807) is 0 Å². The fraction of sp³-hybridized carbons (Fsp3) is 1.00. The van der Waals surface area contributed by atoms with Crippen molar-refractivity contribution in [2.24, 2.45) is 0 Å². The molecule has 0 aliphatic carbocycles. The fourth-order valence-corrected chi connectivity index (χ4v) is 2.52. The van der Waals surface area contributed by atoms with Gasteiger partial charge in [0.1, 0.15) is 0 Å². The highest BCUT2D eigenvalue weighted by Crippen LogP contribution is 2.10. The maximum absolute atomic E-state index is 10.7. The van der Waals surface area contributed by atoms with Gasteiger partial charge in [0.2, 0.25) is 0 Å². The Kier molecular flexibility index (Phi) is 1.77. The normalized spacial score (nSPS) is 34.1. The molecule has 0 radical (unpaired) electrons. The van der Waals surface area contributed by atoms with Crippen molar-refractivity contribution >= 4 is 9.84 Å². The van der Waals surface area contributed by atoms with Crippen LogP contribution in [0.15, 0.2) is 0 Å². The van der Waals surface area contributed by atoms with Crippen molar-refractivity contribution in [3.63, 3.8) is 0 Å². The molecule has 3 nitrogen and oxygen atoms in total. The zero-order chi connectivity index (χ0) is 6.91. The molecular formula is C5H10O3S. The summed E-state index contributed by atoms with van der Waals surface area (Å²) in [4.78, 5) is 0. The number of aliphatic hydroxyl groups is 1. The van der Waals surface area contributed by atoms with Gasteiger partial charge in [0.25, 0.3) is 0 Å². The molecule has 0 amide bonds. The Morgan fingerprint density at radius 1 is 1.44 bits per heavy atom. The summed E-state index contributed by atoms with van der Waals surface area (Å²) in [6, 6.07) is 0. The second kappa shape index (κ2) is 2.27. The van der Waals surface area contributed by atoms with E-state index >= 15 is 0 Å². The van der Waals surface area contributed by atoms with E-state index in [0.29, 0.717) is 12.8 Å². The number of rotatable bonds is 0. The first-order valence-electron chi connectivity index (χ1n) is 2.99. The molecule has 9 heavy (non-hydrogen) atoms. The van der Waals surface area contributed by atoms with Crippen LogP contribution < -0.4 is 0 Å². The first-order chi connectivity index (χ1) is 4.10. The van der Waals surface area contributed by atoms with E-state index in [2.05, 4.69) is 0 Å². The minimum absolute atomic E-state index is 0.0347. The number of aliphatic hydroxyl groups excluding tert-OH is 1. The quantitative estimate of drug-likeness (QED) is 0.509. The lowest BCUT2D eigenvalue weighted by Crippen LogP contribution is -2.28. The van der Waals surface area contributed by atoms with Crippen LogP contribution in [-0.4, -0.2) is 31.1 Å². The number of hydrogen-bond acceptors (Lipinski definition) is 3. The maximum atomic E-state index is 10.7. The Bertz CT molecular complexity index is 182. The Morgan fingerprint density at radius 2 is 2.11 bits per heavy atom. The predicted octanol–water partition coefficient (Wildman–Crippen LogP) is -0.444. The number of hydrogen-bond donors (Lipinski definition) is 1. The van der Waals surface area contributed by atoms with Crippen LogP contribution in [-0.2, 0) is 9.84 Å². The molecule has 1 N–H and O–H groups in total. The molecule has 1 fully saturated rings. The molecule has 0 aromatic rings. The zero-order valence-electron chi connectivity index (χ0n) is 5.08. The standard InChI is InChI=1S/C5H10O3S/c6-5-2-1-3-9(7,8)4-5/h5-6H,1-4H2/t5-/m0/s1. The van der Waals surface area contributed by atoms with Crippen molar-refractivity contribution in [2.45, 2.75) is 18.9 Å². The summed E-state index contributed by atoms with van der Waals surface area (Å²) < 4.78 is 21.4. The molecule has 1 aliphatic rings. The van der Waals surface area contributed by atoms with Crippen LogP contribution in [0, 0.1) is 0 Å². The number of sulfone groups is 1. The molecule has 1 heterocycles. The molecule has 1 aliphatic heterocycles. The van der Waals surface area contributed by atoms with E-state index in [0.717, 1.165) is 0 Å². The molecule has 1 atom stereocenters. The third-order valence-corrected chi connectivity index (χ3v) is 3.24. The van der Waals surface area contributed by atoms with Crippen LogP contribution in [0.1, 0.15) is 12.8 Å². The van der Waals surface area contributed by atoms with Gasteiger partial charge in [-0.3, -0.25) is 0 Å². The van der Waals surface area contributed by atoms with Gasteiger partial charge in [-0.1, -0.05) is 0 Å². The molecule has 4 heteroatoms. The summed E-state index contributed by atoms with van der Waals surface area (Å²) in [6.45, 7) is 0. The fourth-order valence-electron chi connectivity index (χ4n) is 0.999. The second-order valence-corrected chi connectivity index (χ2v) is 4.64. The topological polar surface area (TPSA) is 54.4 Å². The third kappa shape index (κ3) is 1.95. The molecule has 0 unspecified atom stereocenters. The molecule has 0 saturated carbocycles. The van der Waals surface area contributed by atoms with E-state index in [-0.39, 0.29) is 11.5 Å². The van der Waals surface area contributed by atoms with Crippen molar-refractivity contribution < 1.29 is 13.5 Å². The summed E-state index contributed by atoms with van der Waals surface area (Å²) in [5, 5.41) is 8.87. The maximum Gasteiger partial charge on any atom is 0.152 e. The van der Waals surface area contributed by atoms with Gasteiger partial charge in [-0.2, -0.15) is 0 Å². The van der Waals surface area contributed by atoms with E-state index in [9.17, 15) is 8.42 Å². The van der Waals surface area contributed by atoms with Crippen LogP contribution in [0.25, 0.3) is 0 Å². The van der Waals surface area contributed by atoms with Gasteiger partial charge in [0.15, 0.2) is 9.84 Å². The van der Waals surface area contributed by atoms with E-state index < -0.39 is 15.9 Å². The lowest BCUT2D eigenvalue weighted by atomic mass is 10.2. The molecule has 0 aromatic carbocycles. The average molecular weight is 150 g/mol. The van der Waals surface area contributed by atoms with Crippen LogP contribution in [0.3, 0.4) is 0 Å². The van der Waals surface area contributed by atoms with E-state index in [4.69, 9.17) is 5.11 Å². The van der Waals surface area contributed by atoms with Crippen LogP contribution in [0.2, 0.25) is 0 Å². The molecule has 0 bridgehead atoms. The van der Waals surface area contributed by atoms with Crippen molar-refractivity contribution in [3.8, 4) is 0 Å². The predicted molar refractivity (Wildman–Crippen MR) is 33.9 cm³/mol. The lowest BCUT2D eigenvalue weighted by molar-refractivity contribution is 0.181. The first-order valence-corrected chi connectivity index (χ1v) is 4.81. The van der Waals surface area contributed by atoms with Gasteiger partial charge in [-0.25, -0.2) is 8.42 Å². The Hall–Kier alpha value is -0.0900. The average Bonchev–Trinajstić information content (AvgIpc) is 1.60. The summed E-state index contributed by atoms with van der Waals surface area (Å²) in [6.07, 6.45) is 0.645. The third-order valence-electron chi connectivity index (χ3n) is 1.44. The van der Waals surface area contributed by atoms with Crippen LogP contribution in [0.5, 0.6) is 0 Å². The van der Waals surface area contributed by atoms with Gasteiger partial charge in [-0.15, -0.1) is 0 Å². The van der Waals surface area contributed by atoms with Crippen molar-refractivity contribution in [2.75, 3.05) is 11.5 Å². The molecule has 0 aromatic heterocycles. The first kappa shape index (κ1) is 7.02. The minimum atomic E-state index is -2.88. The zero-order valence-corrected chi connectivity index (χ0v) is 5.89. The van der Waals surface area contributed by atoms with Crippen molar-refractivity contribution in [1.82, 2.24) is 0 Å². The van der Waals surface area contributed by atoms with E-state index in [1.807, 2.05) is 0 Å². The Morgan fingerprint density at radius 3 is 2.44 bits per heavy atom. The lowest BCUT2D eigenvalue weighted by Gasteiger charge is -2.15. The van der Waals surface area contributed by atoms with Crippen LogP contribution in [0.4, 0.5) is 0 Å². The Labute approximate surface area is 54.6 Å². The highest BCUT2D eigenvalue weighted by Gasteiger charge is 2.22. The monoisotopic (exact) mass is 150 g/mol. The molecule has 1 saturated heterocycles. The highest BCUT2D eigenvalue weighted by molar-refractivity contribution is 7.91. The van der Waals surface area contributed by atoms with Crippen molar-refractivity contribution in [3.05, 3.63) is 0 Å². The van der Waals surface area contributed by atoms with Gasteiger partial charge >= 0.3 is 0 Å². The van der Waals surface area contributed by atoms with Gasteiger partial charge in [-0.05, 0) is 12.8 Å². The van der Waals surface area contributed by atoms with Crippen molar-refractivity contribution in [1.29, 1.82) is 0 Å². The van der Waals surface area contributed by atoms with Crippen LogP contribution >= 0.6 is 0 Å². The smallest absolute Gasteiger partial charge is 0.152 e. The largest absolute Gasteiger partial charge is 0.392 e. The molecule has 0 spiro atoms. The second-order valence-electron chi connectivity index (χ2n) is 2.41. The summed E-state index contributed by atoms with van der Waals surface area (Å²) in [5.74, 6) is 0.219. The van der Waals surface area contributed by atoms with Gasteiger partial charge < -0.3 is 5.11 Å². The Balaban J connectivity index is 2.62. The summed E-state index contributed by atoms with van der Waals surface area (Å²) in [5.41, 5.74) is 0. The summed E-state index contributed by atoms with van der Waals surface area (Å²) >= 11 is 0. The molecular weight excluding hydrogens is 140 g/mol.